The van der Waals surface area contributed by atoms with Crippen LogP contribution in [0.25, 0.3) is 0 Å². The smallest absolute Gasteiger partial charge is 0.254 e. The van der Waals surface area contributed by atoms with Gasteiger partial charge in [0.1, 0.15) is 5.82 Å². The van der Waals surface area contributed by atoms with Crippen LogP contribution in [0.4, 0.5) is 4.39 Å². The summed E-state index contributed by atoms with van der Waals surface area (Å²) < 4.78 is 14.2. The summed E-state index contributed by atoms with van der Waals surface area (Å²) in [6.07, 6.45) is 4.10. The van der Waals surface area contributed by atoms with Crippen LogP contribution < -0.4 is 5.32 Å². The number of benzene rings is 1. The number of carbonyl (C=O) groups excluding carboxylic acids is 1. The van der Waals surface area contributed by atoms with Crippen LogP contribution in [0.2, 0.25) is 0 Å². The van der Waals surface area contributed by atoms with Gasteiger partial charge < -0.3 is 5.32 Å². The Hall–Kier alpha value is -1.75. The van der Waals surface area contributed by atoms with Crippen LogP contribution in [0.1, 0.15) is 15.9 Å². The topological polar surface area (TPSA) is 42.0 Å². The molecule has 0 saturated carbocycles. The molecule has 0 unspecified atom stereocenters. The molecule has 1 aromatic carbocycles. The van der Waals surface area contributed by atoms with Crippen molar-refractivity contribution in [2.24, 2.45) is 0 Å². The van der Waals surface area contributed by atoms with Crippen LogP contribution in [0.5, 0.6) is 0 Å². The van der Waals surface area contributed by atoms with Gasteiger partial charge in [0, 0.05) is 23.4 Å². The lowest BCUT2D eigenvalue weighted by molar-refractivity contribution is 0.0950. The molecule has 0 saturated heterocycles. The van der Waals surface area contributed by atoms with E-state index in [-0.39, 0.29) is 5.56 Å². The standard InChI is InChI=1S/C14H12BrFN2O/c15-11-3-4-12(13(16)8-11)14(19)18-7-5-10-2-1-6-17-9-10/h1-4,6,8-9H,5,7H2,(H,18,19). The molecular weight excluding hydrogens is 311 g/mol. The monoisotopic (exact) mass is 322 g/mol. The summed E-state index contributed by atoms with van der Waals surface area (Å²) in [4.78, 5) is 15.8. The Morgan fingerprint density at radius 2 is 2.21 bits per heavy atom. The van der Waals surface area contributed by atoms with Crippen molar-refractivity contribution in [1.29, 1.82) is 0 Å². The molecule has 0 aliphatic heterocycles. The maximum atomic E-state index is 13.6. The van der Waals surface area contributed by atoms with Gasteiger partial charge in [-0.05, 0) is 36.2 Å². The number of nitrogens with one attached hydrogen (secondary N) is 1. The largest absolute Gasteiger partial charge is 0.352 e. The van der Waals surface area contributed by atoms with Gasteiger partial charge in [-0.2, -0.15) is 0 Å². The van der Waals surface area contributed by atoms with Crippen molar-refractivity contribution in [3.63, 3.8) is 0 Å². The molecule has 98 valence electrons. The van der Waals surface area contributed by atoms with Crippen LogP contribution in [0.3, 0.4) is 0 Å². The van der Waals surface area contributed by atoms with Crippen LogP contribution in [0, 0.1) is 5.82 Å². The van der Waals surface area contributed by atoms with E-state index >= 15 is 0 Å². The number of halogens is 2. The average molecular weight is 323 g/mol. The Labute approximate surface area is 119 Å². The van der Waals surface area contributed by atoms with Gasteiger partial charge in [0.05, 0.1) is 5.56 Å². The second kappa shape index (κ2) is 6.43. The number of aromatic nitrogens is 1. The number of hydrogen-bond acceptors (Lipinski definition) is 2. The molecule has 2 rings (SSSR count). The fourth-order valence-electron chi connectivity index (χ4n) is 1.64. The molecule has 0 aliphatic carbocycles. The summed E-state index contributed by atoms with van der Waals surface area (Å²) in [5.41, 5.74) is 1.08. The van der Waals surface area contributed by atoms with Crippen molar-refractivity contribution in [3.8, 4) is 0 Å². The maximum Gasteiger partial charge on any atom is 0.254 e. The third-order valence-electron chi connectivity index (χ3n) is 2.60. The minimum atomic E-state index is -0.534. The summed E-state index contributed by atoms with van der Waals surface area (Å²) in [6.45, 7) is 0.444. The molecule has 5 heteroatoms. The summed E-state index contributed by atoms with van der Waals surface area (Å²) in [7, 11) is 0. The van der Waals surface area contributed by atoms with E-state index in [1.807, 2.05) is 12.1 Å². The zero-order valence-corrected chi connectivity index (χ0v) is 11.7. The van der Waals surface area contributed by atoms with E-state index in [0.717, 1.165) is 5.56 Å². The molecule has 0 atom stereocenters. The lowest BCUT2D eigenvalue weighted by atomic mass is 10.2. The number of carbonyl (C=O) groups is 1. The number of pyridine rings is 1. The molecule has 0 spiro atoms. The number of amides is 1. The second-order valence-electron chi connectivity index (χ2n) is 3.99. The van der Waals surface area contributed by atoms with Gasteiger partial charge >= 0.3 is 0 Å². The lowest BCUT2D eigenvalue weighted by Crippen LogP contribution is -2.26. The molecule has 1 aromatic heterocycles. The SMILES string of the molecule is O=C(NCCc1cccnc1)c1ccc(Br)cc1F. The number of hydrogen-bond donors (Lipinski definition) is 1. The predicted molar refractivity (Wildman–Crippen MR) is 74.4 cm³/mol. The number of rotatable bonds is 4. The Kier molecular flexibility index (Phi) is 4.63. The summed E-state index contributed by atoms with van der Waals surface area (Å²) in [6, 6.07) is 8.14. The van der Waals surface area contributed by atoms with Crippen molar-refractivity contribution in [2.75, 3.05) is 6.54 Å². The Bertz CT molecular complexity index is 575. The molecular formula is C14H12BrFN2O. The molecule has 1 N–H and O–H groups in total. The summed E-state index contributed by atoms with van der Waals surface area (Å²) in [5.74, 6) is -0.942. The first kappa shape index (κ1) is 13.7. The molecule has 0 aliphatic rings. The van der Waals surface area contributed by atoms with Crippen molar-refractivity contribution in [3.05, 3.63) is 64.1 Å². The van der Waals surface area contributed by atoms with E-state index in [2.05, 4.69) is 26.2 Å². The first-order valence-electron chi connectivity index (χ1n) is 5.79. The Morgan fingerprint density at radius 3 is 2.89 bits per heavy atom. The fourth-order valence-corrected chi connectivity index (χ4v) is 1.97. The third kappa shape index (κ3) is 3.86. The van der Waals surface area contributed by atoms with Crippen molar-refractivity contribution in [2.45, 2.75) is 6.42 Å². The van der Waals surface area contributed by atoms with E-state index in [0.29, 0.717) is 17.4 Å². The molecule has 2 aromatic rings. The van der Waals surface area contributed by atoms with Crippen LogP contribution in [-0.4, -0.2) is 17.4 Å². The average Bonchev–Trinajstić information content (AvgIpc) is 2.39. The van der Waals surface area contributed by atoms with Gasteiger partial charge in [0.25, 0.3) is 5.91 Å². The third-order valence-corrected chi connectivity index (χ3v) is 3.09. The van der Waals surface area contributed by atoms with E-state index in [1.165, 1.54) is 12.1 Å². The molecule has 0 fully saturated rings. The molecule has 0 radical (unpaired) electrons. The van der Waals surface area contributed by atoms with Crippen LogP contribution in [0.15, 0.2) is 47.2 Å². The second-order valence-corrected chi connectivity index (χ2v) is 4.91. The highest BCUT2D eigenvalue weighted by Gasteiger charge is 2.11. The highest BCUT2D eigenvalue weighted by molar-refractivity contribution is 9.10. The zero-order valence-electron chi connectivity index (χ0n) is 10.1. The first-order chi connectivity index (χ1) is 9.16. The van der Waals surface area contributed by atoms with Crippen molar-refractivity contribution < 1.29 is 9.18 Å². The summed E-state index contributed by atoms with van der Waals surface area (Å²) >= 11 is 3.15. The number of nitrogens with zero attached hydrogens (tertiary/aromatic N) is 1. The van der Waals surface area contributed by atoms with Gasteiger partial charge in [-0.15, -0.1) is 0 Å². The van der Waals surface area contributed by atoms with Crippen molar-refractivity contribution >= 4 is 21.8 Å². The van der Waals surface area contributed by atoms with Gasteiger partial charge in [0.2, 0.25) is 0 Å². The highest BCUT2D eigenvalue weighted by Crippen LogP contribution is 2.15. The van der Waals surface area contributed by atoms with E-state index in [9.17, 15) is 9.18 Å². The first-order valence-corrected chi connectivity index (χ1v) is 6.58. The Morgan fingerprint density at radius 1 is 1.37 bits per heavy atom. The minimum absolute atomic E-state index is 0.0504. The fraction of sp³-hybridized carbons (Fsp3) is 0.143. The van der Waals surface area contributed by atoms with Gasteiger partial charge in [0.15, 0.2) is 0 Å². The molecule has 1 heterocycles. The molecule has 19 heavy (non-hydrogen) atoms. The van der Waals surface area contributed by atoms with Gasteiger partial charge in [-0.25, -0.2) is 4.39 Å². The molecule has 1 amide bonds. The van der Waals surface area contributed by atoms with E-state index in [1.54, 1.807) is 18.5 Å². The zero-order chi connectivity index (χ0) is 13.7. The van der Waals surface area contributed by atoms with Crippen molar-refractivity contribution in [1.82, 2.24) is 10.3 Å². The minimum Gasteiger partial charge on any atom is -0.352 e. The maximum absolute atomic E-state index is 13.6. The van der Waals surface area contributed by atoms with Crippen LogP contribution >= 0.6 is 15.9 Å². The van der Waals surface area contributed by atoms with E-state index in [4.69, 9.17) is 0 Å². The van der Waals surface area contributed by atoms with Crippen LogP contribution in [-0.2, 0) is 6.42 Å². The Balaban J connectivity index is 1.91. The van der Waals surface area contributed by atoms with Gasteiger partial charge in [-0.1, -0.05) is 22.0 Å². The molecule has 0 bridgehead atoms. The molecule has 3 nitrogen and oxygen atoms in total. The van der Waals surface area contributed by atoms with Gasteiger partial charge in [-0.3, -0.25) is 9.78 Å². The quantitative estimate of drug-likeness (QED) is 0.940. The predicted octanol–water partition coefficient (Wildman–Crippen LogP) is 2.96. The lowest BCUT2D eigenvalue weighted by Gasteiger charge is -2.06. The normalized spacial score (nSPS) is 10.2. The summed E-state index contributed by atoms with van der Waals surface area (Å²) in [5, 5.41) is 2.69. The van der Waals surface area contributed by atoms with E-state index < -0.39 is 11.7 Å². The highest BCUT2D eigenvalue weighted by atomic mass is 79.9.